The van der Waals surface area contributed by atoms with Crippen molar-refractivity contribution in [3.63, 3.8) is 0 Å². The Morgan fingerprint density at radius 3 is 1.85 bits per heavy atom. The van der Waals surface area contributed by atoms with Gasteiger partial charge in [-0.2, -0.15) is 0 Å². The Balaban J connectivity index is 1.38. The molecule has 0 radical (unpaired) electrons. The predicted octanol–water partition coefficient (Wildman–Crippen LogP) is 8.45. The molecule has 8 aromatic rings. The second-order valence-electron chi connectivity index (χ2n) is 9.94. The number of hydrogen-bond donors (Lipinski definition) is 0. The van der Waals surface area contributed by atoms with Crippen molar-refractivity contribution in [3.05, 3.63) is 133 Å². The maximum absolute atomic E-state index is 5.11. The number of nitrogens with zero attached hydrogens (tertiary/aromatic N) is 4. The van der Waals surface area contributed by atoms with E-state index in [0.29, 0.717) is 17.5 Å². The SMILES string of the molecule is c1ccc(-c2nc(-c3ccc4ccccc4c3)nc(-c3cccc4ccc5nc(-c6ccccc6)[se]c5c34)n2)cc1. The minimum absolute atomic E-state index is 0.0583. The van der Waals surface area contributed by atoms with Crippen molar-refractivity contribution in [1.82, 2.24) is 19.9 Å². The zero-order chi connectivity index (χ0) is 27.2. The molecule has 41 heavy (non-hydrogen) atoms. The van der Waals surface area contributed by atoms with Crippen LogP contribution < -0.4 is 0 Å². The molecule has 0 aliphatic heterocycles. The van der Waals surface area contributed by atoms with Gasteiger partial charge in [0.05, 0.1) is 0 Å². The van der Waals surface area contributed by atoms with Gasteiger partial charge in [-0.1, -0.05) is 0 Å². The summed E-state index contributed by atoms with van der Waals surface area (Å²) in [7, 11) is 0. The van der Waals surface area contributed by atoms with E-state index in [4.69, 9.17) is 19.9 Å². The Morgan fingerprint density at radius 2 is 1.05 bits per heavy atom. The molecular formula is C36H22N4Se. The molecular weight excluding hydrogens is 567 g/mol. The topological polar surface area (TPSA) is 51.6 Å². The van der Waals surface area contributed by atoms with Crippen LogP contribution in [0.1, 0.15) is 0 Å². The van der Waals surface area contributed by atoms with Crippen LogP contribution in [0.5, 0.6) is 0 Å². The molecule has 4 nitrogen and oxygen atoms in total. The van der Waals surface area contributed by atoms with Gasteiger partial charge in [0, 0.05) is 0 Å². The Bertz CT molecular complexity index is 2210. The van der Waals surface area contributed by atoms with Gasteiger partial charge < -0.3 is 0 Å². The molecule has 0 unspecified atom stereocenters. The van der Waals surface area contributed by atoms with E-state index in [1.165, 1.54) is 26.0 Å². The third-order valence-corrected chi connectivity index (χ3v) is 9.72. The summed E-state index contributed by atoms with van der Waals surface area (Å²) in [6.07, 6.45) is 0. The summed E-state index contributed by atoms with van der Waals surface area (Å²) in [5.41, 5.74) is 5.15. The first-order valence-corrected chi connectivity index (χ1v) is 15.2. The van der Waals surface area contributed by atoms with Crippen molar-refractivity contribution in [2.24, 2.45) is 0 Å². The van der Waals surface area contributed by atoms with Gasteiger partial charge in [-0.05, 0) is 0 Å². The van der Waals surface area contributed by atoms with Gasteiger partial charge in [-0.3, -0.25) is 0 Å². The molecule has 192 valence electrons. The van der Waals surface area contributed by atoms with E-state index in [1.807, 2.05) is 36.4 Å². The molecule has 5 heteroatoms. The number of fused-ring (bicyclic) bond motifs is 4. The van der Waals surface area contributed by atoms with Crippen molar-refractivity contribution >= 4 is 45.8 Å². The van der Waals surface area contributed by atoms with Gasteiger partial charge >= 0.3 is 244 Å². The molecule has 0 fully saturated rings. The molecule has 0 N–H and O–H groups in total. The minimum atomic E-state index is 0.0583. The van der Waals surface area contributed by atoms with Crippen LogP contribution in [-0.2, 0) is 0 Å². The van der Waals surface area contributed by atoms with Crippen LogP contribution in [0.2, 0.25) is 0 Å². The van der Waals surface area contributed by atoms with Crippen LogP contribution >= 0.6 is 0 Å². The van der Waals surface area contributed by atoms with Gasteiger partial charge in [-0.25, -0.2) is 0 Å². The maximum atomic E-state index is 5.11. The number of aromatic nitrogens is 4. The molecule has 0 spiro atoms. The monoisotopic (exact) mass is 590 g/mol. The molecule has 0 aliphatic carbocycles. The summed E-state index contributed by atoms with van der Waals surface area (Å²) in [4.78, 5) is 20.2. The first-order chi connectivity index (χ1) is 20.3. The van der Waals surface area contributed by atoms with E-state index in [0.717, 1.165) is 32.2 Å². The van der Waals surface area contributed by atoms with Crippen LogP contribution in [0.15, 0.2) is 133 Å². The van der Waals surface area contributed by atoms with Crippen molar-refractivity contribution < 1.29 is 0 Å². The fourth-order valence-corrected chi connectivity index (χ4v) is 7.71. The Labute approximate surface area is 242 Å². The van der Waals surface area contributed by atoms with Crippen molar-refractivity contribution in [2.45, 2.75) is 0 Å². The van der Waals surface area contributed by atoms with E-state index in [-0.39, 0.29) is 14.5 Å². The third-order valence-electron chi connectivity index (χ3n) is 7.33. The first kappa shape index (κ1) is 23.9. The fraction of sp³-hybridized carbons (Fsp3) is 0. The molecule has 0 saturated carbocycles. The van der Waals surface area contributed by atoms with E-state index in [1.54, 1.807) is 0 Å². The van der Waals surface area contributed by atoms with Gasteiger partial charge in [0.25, 0.3) is 0 Å². The number of hydrogen-bond acceptors (Lipinski definition) is 4. The van der Waals surface area contributed by atoms with E-state index in [2.05, 4.69) is 97.1 Å². The van der Waals surface area contributed by atoms with E-state index >= 15 is 0 Å². The number of benzene rings is 6. The summed E-state index contributed by atoms with van der Waals surface area (Å²) in [6, 6.07) is 46.1. The molecule has 2 aromatic heterocycles. The predicted molar refractivity (Wildman–Crippen MR) is 169 cm³/mol. The van der Waals surface area contributed by atoms with E-state index < -0.39 is 0 Å². The first-order valence-electron chi connectivity index (χ1n) is 13.5. The second kappa shape index (κ2) is 9.90. The molecule has 6 aromatic carbocycles. The van der Waals surface area contributed by atoms with Crippen LogP contribution in [0.25, 0.3) is 75.6 Å². The average Bonchev–Trinajstić information content (AvgIpc) is 3.50. The Kier molecular flexibility index (Phi) is 5.77. The molecule has 0 atom stereocenters. The zero-order valence-electron chi connectivity index (χ0n) is 21.9. The fourth-order valence-electron chi connectivity index (χ4n) is 5.32. The summed E-state index contributed by atoms with van der Waals surface area (Å²) >= 11 is 0.0583. The standard InChI is InChI=1S/C36H22N4Se/c1-3-11-25(12-4-1)33-38-34(28-19-18-23-10-7-8-15-27(23)22-28)40-35(39-33)29-17-9-16-24-20-21-30-32(31(24)29)41-36(37-30)26-13-5-2-6-14-26/h1-22H. The molecule has 0 aliphatic rings. The van der Waals surface area contributed by atoms with Crippen molar-refractivity contribution in [2.75, 3.05) is 0 Å². The van der Waals surface area contributed by atoms with Gasteiger partial charge in [0.1, 0.15) is 0 Å². The summed E-state index contributed by atoms with van der Waals surface area (Å²) in [5, 5.41) is 4.69. The average molecular weight is 590 g/mol. The Hall–Kier alpha value is -4.96. The van der Waals surface area contributed by atoms with Crippen LogP contribution in [0.3, 0.4) is 0 Å². The molecule has 0 saturated heterocycles. The zero-order valence-corrected chi connectivity index (χ0v) is 23.6. The molecule has 0 amide bonds. The molecule has 2 heterocycles. The number of rotatable bonds is 4. The van der Waals surface area contributed by atoms with Crippen molar-refractivity contribution in [1.29, 1.82) is 0 Å². The normalized spacial score (nSPS) is 11.4. The van der Waals surface area contributed by atoms with Crippen LogP contribution in [-0.4, -0.2) is 34.4 Å². The van der Waals surface area contributed by atoms with Crippen molar-refractivity contribution in [3.8, 4) is 44.3 Å². The summed E-state index contributed by atoms with van der Waals surface area (Å²) < 4.78 is 2.42. The van der Waals surface area contributed by atoms with Gasteiger partial charge in [0.15, 0.2) is 0 Å². The van der Waals surface area contributed by atoms with Gasteiger partial charge in [-0.15, -0.1) is 0 Å². The van der Waals surface area contributed by atoms with Gasteiger partial charge in [0.2, 0.25) is 0 Å². The Morgan fingerprint density at radius 1 is 0.415 bits per heavy atom. The molecule has 0 bridgehead atoms. The summed E-state index contributed by atoms with van der Waals surface area (Å²) in [5.74, 6) is 2.00. The van der Waals surface area contributed by atoms with E-state index in [9.17, 15) is 0 Å². The second-order valence-corrected chi connectivity index (χ2v) is 12.0. The quantitative estimate of drug-likeness (QED) is 0.193. The third kappa shape index (κ3) is 4.33. The molecule has 8 rings (SSSR count). The van der Waals surface area contributed by atoms with Crippen LogP contribution in [0.4, 0.5) is 0 Å². The van der Waals surface area contributed by atoms with Crippen LogP contribution in [0, 0.1) is 0 Å². The summed E-state index contributed by atoms with van der Waals surface area (Å²) in [6.45, 7) is 0.